The van der Waals surface area contributed by atoms with Crippen LogP contribution >= 0.6 is 0 Å². The summed E-state index contributed by atoms with van der Waals surface area (Å²) >= 11 is 0. The van der Waals surface area contributed by atoms with Crippen LogP contribution in [0.4, 0.5) is 5.82 Å². The highest BCUT2D eigenvalue weighted by Gasteiger charge is 2.43. The van der Waals surface area contributed by atoms with E-state index in [-0.39, 0.29) is 6.10 Å². The lowest BCUT2D eigenvalue weighted by Gasteiger charge is -2.43. The summed E-state index contributed by atoms with van der Waals surface area (Å²) in [4.78, 5) is 13.1. The average molecular weight is 303 g/mol. The molecule has 2 aliphatic rings. The first-order chi connectivity index (χ1) is 10.7. The third-order valence-corrected chi connectivity index (χ3v) is 4.50. The summed E-state index contributed by atoms with van der Waals surface area (Å²) in [5.41, 5.74) is 0.933. The van der Waals surface area contributed by atoms with Crippen LogP contribution in [-0.4, -0.2) is 49.5 Å². The molecule has 7 nitrogen and oxygen atoms in total. The van der Waals surface area contributed by atoms with E-state index in [9.17, 15) is 5.11 Å². The van der Waals surface area contributed by atoms with Crippen molar-refractivity contribution in [2.45, 2.75) is 50.4 Å². The second kappa shape index (κ2) is 5.17. The van der Waals surface area contributed by atoms with Gasteiger partial charge < -0.3 is 19.7 Å². The normalized spacial score (nSPS) is 27.8. The van der Waals surface area contributed by atoms with Gasteiger partial charge in [-0.2, -0.15) is 0 Å². The van der Waals surface area contributed by atoms with Gasteiger partial charge in [0.25, 0.3) is 0 Å². The molecule has 2 heterocycles. The highest BCUT2D eigenvalue weighted by molar-refractivity contribution is 5.82. The summed E-state index contributed by atoms with van der Waals surface area (Å²) in [6, 6.07) is 0.538. The number of hydrogen-bond donors (Lipinski definition) is 2. The predicted molar refractivity (Wildman–Crippen MR) is 81.7 cm³/mol. The maximum atomic E-state index is 10.4. The van der Waals surface area contributed by atoms with Crippen molar-refractivity contribution in [3.05, 3.63) is 12.7 Å². The quantitative estimate of drug-likeness (QED) is 0.841. The van der Waals surface area contributed by atoms with Gasteiger partial charge >= 0.3 is 0 Å². The minimum absolute atomic E-state index is 0.177. The molecule has 0 atom stereocenters. The molecule has 0 aromatic carbocycles. The van der Waals surface area contributed by atoms with E-state index >= 15 is 0 Å². The summed E-state index contributed by atoms with van der Waals surface area (Å²) in [5, 5.41) is 13.7. The van der Waals surface area contributed by atoms with Crippen molar-refractivity contribution in [2.24, 2.45) is 0 Å². The molecule has 2 aromatic rings. The smallest absolute Gasteiger partial charge is 0.165 e. The van der Waals surface area contributed by atoms with Crippen LogP contribution in [0.25, 0.3) is 11.2 Å². The van der Waals surface area contributed by atoms with E-state index in [4.69, 9.17) is 4.74 Å². The van der Waals surface area contributed by atoms with E-state index in [1.165, 1.54) is 12.8 Å². The second-order valence-corrected chi connectivity index (χ2v) is 6.34. The molecule has 4 rings (SSSR count). The zero-order valence-corrected chi connectivity index (χ0v) is 12.7. The van der Waals surface area contributed by atoms with Gasteiger partial charge in [0.05, 0.1) is 18.0 Å². The molecule has 0 radical (unpaired) electrons. The molecule has 7 heteroatoms. The number of rotatable bonds is 6. The number of hydrogen-bond acceptors (Lipinski definition) is 6. The van der Waals surface area contributed by atoms with Gasteiger partial charge in [-0.15, -0.1) is 0 Å². The Labute approximate surface area is 128 Å². The van der Waals surface area contributed by atoms with E-state index in [0.29, 0.717) is 37.9 Å². The van der Waals surface area contributed by atoms with Crippen molar-refractivity contribution in [2.75, 3.05) is 18.5 Å². The minimum Gasteiger partial charge on any atom is -0.388 e. The fraction of sp³-hybridized carbons (Fsp3) is 0.667. The first-order valence-electron chi connectivity index (χ1n) is 7.94. The van der Waals surface area contributed by atoms with Gasteiger partial charge in [-0.05, 0) is 19.8 Å². The van der Waals surface area contributed by atoms with Crippen molar-refractivity contribution in [1.82, 2.24) is 19.5 Å². The van der Waals surface area contributed by atoms with Gasteiger partial charge in [-0.3, -0.25) is 0 Å². The molecule has 0 bridgehead atoms. The Morgan fingerprint density at radius 3 is 2.91 bits per heavy atom. The van der Waals surface area contributed by atoms with E-state index in [1.54, 1.807) is 6.33 Å². The fourth-order valence-electron chi connectivity index (χ4n) is 3.14. The van der Waals surface area contributed by atoms with Crippen molar-refractivity contribution in [3.63, 3.8) is 0 Å². The first kappa shape index (κ1) is 13.9. The molecule has 2 aliphatic carbocycles. The molecule has 0 unspecified atom stereocenters. The summed E-state index contributed by atoms with van der Waals surface area (Å²) in [6.45, 7) is 3.13. The molecule has 2 fully saturated rings. The highest BCUT2D eigenvalue weighted by atomic mass is 16.5. The number of nitrogens with one attached hydrogen (secondary N) is 1. The number of ether oxygens (including phenoxy) is 1. The van der Waals surface area contributed by atoms with Gasteiger partial charge in [-0.1, -0.05) is 0 Å². The second-order valence-electron chi connectivity index (χ2n) is 6.34. The van der Waals surface area contributed by atoms with Crippen LogP contribution in [0.3, 0.4) is 0 Å². The summed E-state index contributed by atoms with van der Waals surface area (Å²) < 4.78 is 7.62. The third-order valence-electron chi connectivity index (χ3n) is 4.50. The van der Waals surface area contributed by atoms with E-state index in [0.717, 1.165) is 11.2 Å². The van der Waals surface area contributed by atoms with Gasteiger partial charge in [-0.25, -0.2) is 15.0 Å². The molecular weight excluding hydrogens is 282 g/mol. The van der Waals surface area contributed by atoms with Crippen LogP contribution in [0.5, 0.6) is 0 Å². The topological polar surface area (TPSA) is 85.1 Å². The zero-order valence-electron chi connectivity index (χ0n) is 12.7. The van der Waals surface area contributed by atoms with Crippen LogP contribution < -0.4 is 5.32 Å². The lowest BCUT2D eigenvalue weighted by molar-refractivity contribution is -0.129. The monoisotopic (exact) mass is 303 g/mol. The number of aliphatic hydroxyl groups is 1. The summed E-state index contributed by atoms with van der Waals surface area (Å²) in [6.07, 6.45) is 7.28. The predicted octanol–water partition coefficient (Wildman–Crippen LogP) is 1.50. The van der Waals surface area contributed by atoms with E-state index < -0.39 is 5.60 Å². The molecule has 0 amide bonds. The maximum absolute atomic E-state index is 10.4. The SMILES string of the molecule is CCOC1CC(O)(CNc2ncnc3c2ncn3C2CC2)C1. The summed E-state index contributed by atoms with van der Waals surface area (Å²) in [7, 11) is 0. The molecule has 2 N–H and O–H groups in total. The van der Waals surface area contributed by atoms with Crippen molar-refractivity contribution < 1.29 is 9.84 Å². The van der Waals surface area contributed by atoms with Crippen molar-refractivity contribution >= 4 is 17.0 Å². The van der Waals surface area contributed by atoms with Crippen molar-refractivity contribution in [3.8, 4) is 0 Å². The third kappa shape index (κ3) is 2.44. The molecular formula is C15H21N5O2. The number of imidazole rings is 1. The molecule has 0 aliphatic heterocycles. The Bertz CT molecular complexity index is 676. The maximum Gasteiger partial charge on any atom is 0.165 e. The average Bonchev–Trinajstić information content (AvgIpc) is 3.23. The van der Waals surface area contributed by atoms with Gasteiger partial charge in [0.2, 0.25) is 0 Å². The van der Waals surface area contributed by atoms with Gasteiger partial charge in [0.15, 0.2) is 11.5 Å². The minimum atomic E-state index is -0.712. The van der Waals surface area contributed by atoms with E-state index in [2.05, 4.69) is 24.8 Å². The lowest BCUT2D eigenvalue weighted by atomic mass is 9.77. The Morgan fingerprint density at radius 1 is 1.36 bits per heavy atom. The molecule has 22 heavy (non-hydrogen) atoms. The molecule has 2 saturated carbocycles. The van der Waals surface area contributed by atoms with Gasteiger partial charge in [0.1, 0.15) is 11.8 Å². The number of nitrogens with zero attached hydrogens (tertiary/aromatic N) is 4. The Kier molecular flexibility index (Phi) is 3.27. The Hall–Kier alpha value is -1.73. The lowest BCUT2D eigenvalue weighted by Crippen LogP contribution is -2.52. The van der Waals surface area contributed by atoms with Crippen LogP contribution in [0.15, 0.2) is 12.7 Å². The Balaban J connectivity index is 1.46. The standard InChI is InChI=1S/C15H21N5O2/c1-2-22-11-5-15(21,6-11)7-16-13-12-14(18-8-17-13)20(9-19-12)10-3-4-10/h8-11,21H,2-7H2,1H3,(H,16,17,18). The largest absolute Gasteiger partial charge is 0.388 e. The van der Waals surface area contributed by atoms with E-state index in [1.807, 2.05) is 13.3 Å². The van der Waals surface area contributed by atoms with Crippen LogP contribution in [0.2, 0.25) is 0 Å². The Morgan fingerprint density at radius 2 is 2.18 bits per heavy atom. The number of anilines is 1. The van der Waals surface area contributed by atoms with Crippen LogP contribution in [-0.2, 0) is 4.74 Å². The fourth-order valence-corrected chi connectivity index (χ4v) is 3.14. The zero-order chi connectivity index (χ0) is 15.2. The number of aromatic nitrogens is 4. The molecule has 0 spiro atoms. The first-order valence-corrected chi connectivity index (χ1v) is 7.94. The number of fused-ring (bicyclic) bond motifs is 1. The molecule has 118 valence electrons. The summed E-state index contributed by atoms with van der Waals surface area (Å²) in [5.74, 6) is 0.692. The van der Waals surface area contributed by atoms with Crippen LogP contribution in [0.1, 0.15) is 38.6 Å². The van der Waals surface area contributed by atoms with Crippen LogP contribution in [0, 0.1) is 0 Å². The van der Waals surface area contributed by atoms with Crippen molar-refractivity contribution in [1.29, 1.82) is 0 Å². The van der Waals surface area contributed by atoms with Gasteiger partial charge in [0, 0.05) is 32.0 Å². The molecule has 2 aromatic heterocycles. The highest BCUT2D eigenvalue weighted by Crippen LogP contribution is 2.38. The molecule has 0 saturated heterocycles.